The van der Waals surface area contributed by atoms with Crippen LogP contribution in [0.25, 0.3) is 22.3 Å². The smallest absolute Gasteiger partial charge is 0.261 e. The summed E-state index contributed by atoms with van der Waals surface area (Å²) in [6, 6.07) is 22.3. The molecule has 1 saturated heterocycles. The first-order valence-electron chi connectivity index (χ1n) is 11.1. The maximum atomic E-state index is 13.0. The Hall–Kier alpha value is -3.13. The molecule has 0 bridgehead atoms. The van der Waals surface area contributed by atoms with Gasteiger partial charge in [-0.05, 0) is 48.9 Å². The second-order valence-electron chi connectivity index (χ2n) is 8.43. The van der Waals surface area contributed by atoms with E-state index in [1.165, 1.54) is 5.56 Å². The number of fused-ring (bicyclic) bond motifs is 1. The molecule has 0 unspecified atom stereocenters. The molecule has 1 aliphatic heterocycles. The number of benzene rings is 3. The van der Waals surface area contributed by atoms with Crippen molar-refractivity contribution in [3.8, 4) is 11.3 Å². The van der Waals surface area contributed by atoms with Crippen molar-refractivity contribution in [1.29, 1.82) is 0 Å². The van der Waals surface area contributed by atoms with Crippen LogP contribution in [0.3, 0.4) is 0 Å². The molecule has 3 aromatic carbocycles. The standard InChI is InChI=1S/C26H27N3O3S/c1-19-9-11-21(12-10-19)33(30,31)28-24-7-3-2-6-22(24)26-17-23-20(5-4-8-25(23)32-26)18-29-15-13-27-14-16-29/h2-12,17,27-28H,13-16,18H2,1H3. The van der Waals surface area contributed by atoms with Gasteiger partial charge >= 0.3 is 0 Å². The lowest BCUT2D eigenvalue weighted by atomic mass is 10.1. The summed E-state index contributed by atoms with van der Waals surface area (Å²) < 4.78 is 34.9. The van der Waals surface area contributed by atoms with Crippen LogP contribution in [0.5, 0.6) is 0 Å². The number of hydrogen-bond donors (Lipinski definition) is 2. The summed E-state index contributed by atoms with van der Waals surface area (Å²) in [6.07, 6.45) is 0. The molecule has 0 aliphatic carbocycles. The highest BCUT2D eigenvalue weighted by Crippen LogP contribution is 2.35. The fraction of sp³-hybridized carbons (Fsp3) is 0.231. The number of sulfonamides is 1. The SMILES string of the molecule is Cc1ccc(S(=O)(=O)Nc2ccccc2-c2cc3c(CN4CCNCC4)cccc3o2)cc1. The summed E-state index contributed by atoms with van der Waals surface area (Å²) >= 11 is 0. The lowest BCUT2D eigenvalue weighted by Crippen LogP contribution is -2.42. The van der Waals surface area contributed by atoms with E-state index >= 15 is 0 Å². The van der Waals surface area contributed by atoms with Crippen molar-refractivity contribution in [3.05, 3.63) is 83.9 Å². The second-order valence-corrected chi connectivity index (χ2v) is 10.1. The Labute approximate surface area is 194 Å². The average molecular weight is 462 g/mol. The van der Waals surface area contributed by atoms with Crippen molar-refractivity contribution in [1.82, 2.24) is 10.2 Å². The normalized spacial score (nSPS) is 15.1. The molecule has 2 N–H and O–H groups in total. The van der Waals surface area contributed by atoms with Crippen molar-refractivity contribution in [2.45, 2.75) is 18.4 Å². The highest BCUT2D eigenvalue weighted by atomic mass is 32.2. The van der Waals surface area contributed by atoms with E-state index in [1.807, 2.05) is 43.3 Å². The topological polar surface area (TPSA) is 74.6 Å². The molecule has 0 atom stereocenters. The second kappa shape index (κ2) is 9.02. The fourth-order valence-corrected chi connectivity index (χ4v) is 5.29. The number of anilines is 1. The van der Waals surface area contributed by atoms with Gasteiger partial charge in [0.25, 0.3) is 10.0 Å². The molecule has 170 valence electrons. The van der Waals surface area contributed by atoms with E-state index in [0.717, 1.165) is 49.3 Å². The molecule has 5 rings (SSSR count). The van der Waals surface area contributed by atoms with Gasteiger partial charge in [0.1, 0.15) is 11.3 Å². The first-order valence-corrected chi connectivity index (χ1v) is 12.6. The van der Waals surface area contributed by atoms with E-state index < -0.39 is 10.0 Å². The molecule has 0 saturated carbocycles. The Balaban J connectivity index is 1.48. The minimum absolute atomic E-state index is 0.228. The summed E-state index contributed by atoms with van der Waals surface area (Å²) in [6.45, 7) is 6.83. The third-order valence-electron chi connectivity index (χ3n) is 6.02. The van der Waals surface area contributed by atoms with Gasteiger partial charge in [-0.25, -0.2) is 8.42 Å². The van der Waals surface area contributed by atoms with Crippen molar-refractivity contribution in [2.24, 2.45) is 0 Å². The average Bonchev–Trinajstić information content (AvgIpc) is 3.25. The minimum Gasteiger partial charge on any atom is -0.456 e. The molecule has 6 nitrogen and oxygen atoms in total. The summed E-state index contributed by atoms with van der Waals surface area (Å²) in [5, 5.41) is 4.44. The first kappa shape index (κ1) is 21.7. The Morgan fingerprint density at radius 3 is 2.52 bits per heavy atom. The predicted molar refractivity (Wildman–Crippen MR) is 132 cm³/mol. The fourth-order valence-electron chi connectivity index (χ4n) is 4.21. The van der Waals surface area contributed by atoms with Crippen molar-refractivity contribution in [3.63, 3.8) is 0 Å². The minimum atomic E-state index is -3.72. The molecule has 7 heteroatoms. The van der Waals surface area contributed by atoms with E-state index in [2.05, 4.69) is 21.0 Å². The van der Waals surface area contributed by atoms with Crippen LogP contribution >= 0.6 is 0 Å². The van der Waals surface area contributed by atoms with Crippen molar-refractivity contribution < 1.29 is 12.8 Å². The van der Waals surface area contributed by atoms with E-state index in [0.29, 0.717) is 17.0 Å². The molecular formula is C26H27N3O3S. The van der Waals surface area contributed by atoms with Gasteiger partial charge < -0.3 is 9.73 Å². The van der Waals surface area contributed by atoms with E-state index in [1.54, 1.807) is 30.3 Å². The monoisotopic (exact) mass is 461 g/mol. The number of rotatable bonds is 6. The quantitative estimate of drug-likeness (QED) is 0.439. The maximum absolute atomic E-state index is 13.0. The highest BCUT2D eigenvalue weighted by Gasteiger charge is 2.19. The molecule has 0 spiro atoms. The largest absolute Gasteiger partial charge is 0.456 e. The van der Waals surface area contributed by atoms with E-state index in [-0.39, 0.29) is 4.90 Å². The summed E-state index contributed by atoms with van der Waals surface area (Å²) in [4.78, 5) is 2.66. The molecule has 1 fully saturated rings. The van der Waals surface area contributed by atoms with Gasteiger partial charge in [0, 0.05) is 43.7 Å². The number of para-hydroxylation sites is 1. The Morgan fingerprint density at radius 1 is 0.970 bits per heavy atom. The lowest BCUT2D eigenvalue weighted by molar-refractivity contribution is 0.234. The van der Waals surface area contributed by atoms with Crippen LogP contribution in [-0.2, 0) is 16.6 Å². The molecule has 0 amide bonds. The van der Waals surface area contributed by atoms with Crippen molar-refractivity contribution >= 4 is 26.7 Å². The predicted octanol–water partition coefficient (Wildman–Crippen LogP) is 4.61. The van der Waals surface area contributed by atoms with Gasteiger partial charge in [0.15, 0.2) is 0 Å². The Kier molecular flexibility index (Phi) is 5.93. The molecule has 33 heavy (non-hydrogen) atoms. The summed E-state index contributed by atoms with van der Waals surface area (Å²) in [5.74, 6) is 0.639. The number of nitrogens with zero attached hydrogens (tertiary/aromatic N) is 1. The molecule has 2 heterocycles. The summed E-state index contributed by atoms with van der Waals surface area (Å²) in [5.41, 5.74) is 4.21. The molecular weight excluding hydrogens is 434 g/mol. The third kappa shape index (κ3) is 4.66. The molecule has 4 aromatic rings. The number of aryl methyl sites for hydroxylation is 1. The number of hydrogen-bond acceptors (Lipinski definition) is 5. The van der Waals surface area contributed by atoms with Gasteiger partial charge in [-0.3, -0.25) is 9.62 Å². The van der Waals surface area contributed by atoms with E-state index in [9.17, 15) is 8.42 Å². The molecule has 1 aliphatic rings. The first-order chi connectivity index (χ1) is 16.0. The van der Waals surface area contributed by atoms with Gasteiger partial charge in [0.2, 0.25) is 0 Å². The number of furan rings is 1. The van der Waals surface area contributed by atoms with Gasteiger partial charge in [-0.1, -0.05) is 42.0 Å². The van der Waals surface area contributed by atoms with Crippen LogP contribution in [0.4, 0.5) is 5.69 Å². The maximum Gasteiger partial charge on any atom is 0.261 e. The van der Waals surface area contributed by atoms with Gasteiger partial charge in [0.05, 0.1) is 10.6 Å². The zero-order valence-corrected chi connectivity index (χ0v) is 19.4. The van der Waals surface area contributed by atoms with Crippen LogP contribution < -0.4 is 10.0 Å². The van der Waals surface area contributed by atoms with Crippen LogP contribution in [0.15, 0.2) is 82.1 Å². The van der Waals surface area contributed by atoms with Crippen LogP contribution in [0.2, 0.25) is 0 Å². The van der Waals surface area contributed by atoms with Crippen molar-refractivity contribution in [2.75, 3.05) is 30.9 Å². The number of piperazine rings is 1. The van der Waals surface area contributed by atoms with E-state index in [4.69, 9.17) is 4.42 Å². The van der Waals surface area contributed by atoms with Crippen LogP contribution in [0, 0.1) is 6.92 Å². The molecule has 0 radical (unpaired) electrons. The zero-order chi connectivity index (χ0) is 22.8. The van der Waals surface area contributed by atoms with Crippen LogP contribution in [-0.4, -0.2) is 39.5 Å². The Bertz CT molecular complexity index is 1370. The summed E-state index contributed by atoms with van der Waals surface area (Å²) in [7, 11) is -3.72. The Morgan fingerprint density at radius 2 is 1.73 bits per heavy atom. The zero-order valence-electron chi connectivity index (χ0n) is 18.5. The third-order valence-corrected chi connectivity index (χ3v) is 7.40. The lowest BCUT2D eigenvalue weighted by Gasteiger charge is -2.27. The highest BCUT2D eigenvalue weighted by molar-refractivity contribution is 7.92. The number of nitrogens with one attached hydrogen (secondary N) is 2. The van der Waals surface area contributed by atoms with Gasteiger partial charge in [-0.2, -0.15) is 0 Å². The van der Waals surface area contributed by atoms with Gasteiger partial charge in [-0.15, -0.1) is 0 Å². The van der Waals surface area contributed by atoms with Crippen LogP contribution in [0.1, 0.15) is 11.1 Å². The molecule has 1 aromatic heterocycles.